The first-order chi connectivity index (χ1) is 16.9. The Morgan fingerprint density at radius 2 is 1.67 bits per heavy atom. The summed E-state index contributed by atoms with van der Waals surface area (Å²) in [5.41, 5.74) is 4.06. The van der Waals surface area contributed by atoms with Crippen molar-refractivity contribution in [3.63, 3.8) is 0 Å². The van der Waals surface area contributed by atoms with Crippen LogP contribution in [-0.2, 0) is 17.9 Å². The first-order valence-corrected chi connectivity index (χ1v) is 12.2. The van der Waals surface area contributed by atoms with E-state index in [1.165, 1.54) is 10.9 Å². The largest absolute Gasteiger partial charge is 1.00 e. The van der Waals surface area contributed by atoms with Crippen molar-refractivity contribution in [2.75, 3.05) is 27.7 Å². The Labute approximate surface area is 231 Å². The first-order valence-electron chi connectivity index (χ1n) is 12.2. The van der Waals surface area contributed by atoms with Gasteiger partial charge in [-0.25, -0.2) is 4.79 Å². The Bertz CT molecular complexity index is 1260. The summed E-state index contributed by atoms with van der Waals surface area (Å²) >= 11 is 0. The molecular weight excluding hydrogens is 563 g/mol. The van der Waals surface area contributed by atoms with E-state index >= 15 is 0 Å². The number of quaternary nitrogens is 1. The molecule has 0 spiro atoms. The summed E-state index contributed by atoms with van der Waals surface area (Å²) in [6, 6.07) is 26.3. The number of halogens is 1. The molecule has 3 aromatic carbocycles. The van der Waals surface area contributed by atoms with Crippen molar-refractivity contribution in [1.29, 1.82) is 0 Å². The number of rotatable bonds is 11. The number of carbonyl (C=O) groups is 1. The van der Waals surface area contributed by atoms with Gasteiger partial charge in [0.1, 0.15) is 18.0 Å². The number of esters is 1. The van der Waals surface area contributed by atoms with E-state index in [1.807, 2.05) is 48.5 Å². The Balaban J connectivity index is 0.00000361. The summed E-state index contributed by atoms with van der Waals surface area (Å²) in [6.07, 6.45) is 5.03. The summed E-state index contributed by atoms with van der Waals surface area (Å²) in [7, 11) is 6.24. The van der Waals surface area contributed by atoms with Crippen LogP contribution in [0.25, 0.3) is 10.9 Å². The van der Waals surface area contributed by atoms with Gasteiger partial charge >= 0.3 is 5.97 Å². The number of hydrogen-bond donors (Lipinski definition) is 0. The fourth-order valence-electron chi connectivity index (χ4n) is 4.06. The second-order valence-electron chi connectivity index (χ2n) is 9.76. The normalized spacial score (nSPS) is 11.2. The quantitative estimate of drug-likeness (QED) is 0.115. The summed E-state index contributed by atoms with van der Waals surface area (Å²) in [6.45, 7) is 1.95. The van der Waals surface area contributed by atoms with Gasteiger partial charge in [0, 0.05) is 29.7 Å². The van der Waals surface area contributed by atoms with Gasteiger partial charge in [0.15, 0.2) is 0 Å². The highest BCUT2D eigenvalue weighted by Gasteiger charge is 2.15. The maximum atomic E-state index is 12.4. The highest BCUT2D eigenvalue weighted by Crippen LogP contribution is 2.23. The predicted octanol–water partition coefficient (Wildman–Crippen LogP) is 3.45. The molecule has 1 heterocycles. The minimum atomic E-state index is -0.248. The Morgan fingerprint density at radius 3 is 2.44 bits per heavy atom. The Hall–Kier alpha value is -2.84. The molecule has 0 aliphatic heterocycles. The highest BCUT2D eigenvalue weighted by molar-refractivity contribution is 5.90. The third-order valence-corrected chi connectivity index (χ3v) is 6.12. The average Bonchev–Trinajstić information content (AvgIpc) is 3.27. The highest BCUT2D eigenvalue weighted by atomic mass is 127. The first kappa shape index (κ1) is 27.7. The molecule has 4 aromatic rings. The Kier molecular flexibility index (Phi) is 9.96. The molecule has 0 fully saturated rings. The van der Waals surface area contributed by atoms with Crippen molar-refractivity contribution in [3.05, 3.63) is 96.2 Å². The maximum absolute atomic E-state index is 12.4. The van der Waals surface area contributed by atoms with Crippen molar-refractivity contribution >= 4 is 22.6 Å². The molecule has 5 nitrogen and oxygen atoms in total. The van der Waals surface area contributed by atoms with Crippen molar-refractivity contribution in [1.82, 2.24) is 9.05 Å². The number of fused-ring (bicyclic) bond motifs is 1. The molecule has 0 unspecified atom stereocenters. The van der Waals surface area contributed by atoms with Crippen LogP contribution in [-0.4, -0.2) is 38.3 Å². The zero-order valence-electron chi connectivity index (χ0n) is 21.3. The standard InChI is InChI=1S/C30H35N2O3.HI/c1-32(2,3)27-14-10-13-26(21-27)30(33)34-20-9-5-8-18-31-19-17-25-22-28(15-16-29(25)31)35-23-24-11-6-4-7-12-24;/h4,6-7,10-17,19,21-22H,5,8-9,18,20,23H2,1-3H3;1H/q+1;/p-1. The molecule has 0 aliphatic rings. The van der Waals surface area contributed by atoms with Crippen LogP contribution in [0.2, 0.25) is 0 Å². The number of hydrogen-bond acceptors (Lipinski definition) is 3. The lowest BCUT2D eigenvalue weighted by atomic mass is 10.2. The van der Waals surface area contributed by atoms with Crippen LogP contribution >= 0.6 is 0 Å². The number of nitrogens with zero attached hydrogens (tertiary/aromatic N) is 2. The smallest absolute Gasteiger partial charge is 0.338 e. The van der Waals surface area contributed by atoms with E-state index < -0.39 is 0 Å². The lowest BCUT2D eigenvalue weighted by molar-refractivity contribution is -0.0000259. The van der Waals surface area contributed by atoms with Gasteiger partial charge in [-0.05, 0) is 61.2 Å². The van der Waals surface area contributed by atoms with Crippen LogP contribution in [0.3, 0.4) is 0 Å². The number of ether oxygens (including phenoxy) is 2. The molecule has 0 radical (unpaired) electrons. The molecule has 0 atom stereocenters. The molecule has 0 bridgehead atoms. The number of carbonyl (C=O) groups excluding carboxylic acids is 1. The fourth-order valence-corrected chi connectivity index (χ4v) is 4.06. The van der Waals surface area contributed by atoms with E-state index in [9.17, 15) is 4.79 Å². The average molecular weight is 599 g/mol. The van der Waals surface area contributed by atoms with E-state index in [0.717, 1.165) is 42.8 Å². The summed E-state index contributed by atoms with van der Waals surface area (Å²) < 4.78 is 14.4. The SMILES string of the molecule is C[N+](C)(C)c1cccc(C(=O)OCCCCCn2ccc3cc(OCc4ccccc4)ccc32)c1.[I-]. The third-order valence-electron chi connectivity index (χ3n) is 6.12. The van der Waals surface area contributed by atoms with Crippen LogP contribution in [0.4, 0.5) is 5.69 Å². The summed E-state index contributed by atoms with van der Waals surface area (Å²) in [4.78, 5) is 12.4. The molecule has 36 heavy (non-hydrogen) atoms. The molecular formula is C30H35IN2O3. The molecule has 0 aliphatic carbocycles. The zero-order chi connectivity index (χ0) is 24.7. The van der Waals surface area contributed by atoms with Crippen LogP contribution in [0.15, 0.2) is 85.1 Å². The van der Waals surface area contributed by atoms with Gasteiger partial charge in [-0.3, -0.25) is 4.48 Å². The number of aryl methyl sites for hydroxylation is 1. The molecule has 0 N–H and O–H groups in total. The molecule has 1 aromatic heterocycles. The van der Waals surface area contributed by atoms with Crippen LogP contribution in [0.1, 0.15) is 35.2 Å². The van der Waals surface area contributed by atoms with Crippen LogP contribution < -0.4 is 33.2 Å². The molecule has 0 saturated heterocycles. The number of aromatic nitrogens is 1. The minimum absolute atomic E-state index is 0. The van der Waals surface area contributed by atoms with Gasteiger partial charge in [0.25, 0.3) is 0 Å². The third kappa shape index (κ3) is 7.58. The van der Waals surface area contributed by atoms with Crippen molar-refractivity contribution in [3.8, 4) is 5.75 Å². The second-order valence-corrected chi connectivity index (χ2v) is 9.76. The van der Waals surface area contributed by atoms with E-state index in [4.69, 9.17) is 9.47 Å². The van der Waals surface area contributed by atoms with E-state index in [-0.39, 0.29) is 29.9 Å². The van der Waals surface area contributed by atoms with Crippen LogP contribution in [0, 0.1) is 0 Å². The predicted molar refractivity (Wildman–Crippen MR) is 143 cm³/mol. The lowest BCUT2D eigenvalue weighted by Gasteiger charge is -2.23. The van der Waals surface area contributed by atoms with Gasteiger partial charge in [-0.2, -0.15) is 0 Å². The van der Waals surface area contributed by atoms with Gasteiger partial charge in [-0.15, -0.1) is 0 Å². The van der Waals surface area contributed by atoms with Gasteiger partial charge in [0.05, 0.1) is 33.3 Å². The van der Waals surface area contributed by atoms with Crippen molar-refractivity contribution < 1.29 is 38.2 Å². The minimum Gasteiger partial charge on any atom is -1.00 e. The van der Waals surface area contributed by atoms with Crippen molar-refractivity contribution in [2.24, 2.45) is 0 Å². The molecule has 0 saturated carbocycles. The van der Waals surface area contributed by atoms with E-state index in [0.29, 0.717) is 23.3 Å². The Morgan fingerprint density at radius 1 is 0.861 bits per heavy atom. The lowest BCUT2D eigenvalue weighted by Crippen LogP contribution is -3.00. The zero-order valence-corrected chi connectivity index (χ0v) is 23.5. The van der Waals surface area contributed by atoms with E-state index in [2.05, 4.69) is 62.2 Å². The van der Waals surface area contributed by atoms with E-state index in [1.54, 1.807) is 0 Å². The summed E-state index contributed by atoms with van der Waals surface area (Å²) in [5, 5.41) is 1.18. The number of benzene rings is 3. The molecule has 0 amide bonds. The van der Waals surface area contributed by atoms with Crippen LogP contribution in [0.5, 0.6) is 5.75 Å². The number of unbranched alkanes of at least 4 members (excludes halogenated alkanes) is 2. The second kappa shape index (κ2) is 12.9. The molecule has 4 rings (SSSR count). The van der Waals surface area contributed by atoms with Gasteiger partial charge in [-0.1, -0.05) is 36.4 Å². The monoisotopic (exact) mass is 598 g/mol. The molecule has 190 valence electrons. The van der Waals surface area contributed by atoms with Crippen molar-refractivity contribution in [2.45, 2.75) is 32.4 Å². The van der Waals surface area contributed by atoms with Gasteiger partial charge < -0.3 is 38.0 Å². The molecule has 6 heteroatoms. The topological polar surface area (TPSA) is 40.5 Å². The summed E-state index contributed by atoms with van der Waals surface area (Å²) in [5.74, 6) is 0.634. The van der Waals surface area contributed by atoms with Gasteiger partial charge in [0.2, 0.25) is 0 Å². The fraction of sp³-hybridized carbons (Fsp3) is 0.300. The maximum Gasteiger partial charge on any atom is 0.338 e.